The lowest BCUT2D eigenvalue weighted by Crippen LogP contribution is -2.39. The van der Waals surface area contributed by atoms with Crippen LogP contribution in [0.2, 0.25) is 0 Å². The van der Waals surface area contributed by atoms with Gasteiger partial charge in [-0.1, -0.05) is 30.3 Å². The molecule has 0 aromatic heterocycles. The maximum atomic E-state index is 5.17. The second kappa shape index (κ2) is 3.80. The van der Waals surface area contributed by atoms with Gasteiger partial charge in [-0.05, 0) is 23.9 Å². The molecule has 0 saturated heterocycles. The summed E-state index contributed by atoms with van der Waals surface area (Å²) in [4.78, 5) is 1.90. The average Bonchev–Trinajstić information content (AvgIpc) is 2.23. The van der Waals surface area contributed by atoms with Crippen molar-refractivity contribution in [1.29, 1.82) is 0 Å². The Morgan fingerprint density at radius 2 is 2.00 bits per heavy atom. The summed E-state index contributed by atoms with van der Waals surface area (Å²) in [6.45, 7) is 0. The minimum Gasteiger partial charge on any atom is -0.352 e. The van der Waals surface area contributed by atoms with Gasteiger partial charge in [0.2, 0.25) is 0 Å². The first-order valence-electron chi connectivity index (χ1n) is 4.54. The van der Waals surface area contributed by atoms with Crippen LogP contribution >= 0.6 is 12.2 Å². The van der Waals surface area contributed by atoms with Crippen LogP contribution < -0.4 is 5.32 Å². The van der Waals surface area contributed by atoms with E-state index in [9.17, 15) is 0 Å². The van der Waals surface area contributed by atoms with Gasteiger partial charge in [0.05, 0.1) is 6.04 Å². The van der Waals surface area contributed by atoms with Gasteiger partial charge in [-0.25, -0.2) is 0 Å². The van der Waals surface area contributed by atoms with Gasteiger partial charge in [-0.2, -0.15) is 0 Å². The summed E-state index contributed by atoms with van der Waals surface area (Å²) in [5, 5.41) is 4.02. The van der Waals surface area contributed by atoms with Crippen LogP contribution in [0.15, 0.2) is 42.6 Å². The highest BCUT2D eigenvalue weighted by molar-refractivity contribution is 7.80. The second-order valence-corrected chi connectivity index (χ2v) is 3.68. The molecule has 1 aromatic rings. The summed E-state index contributed by atoms with van der Waals surface area (Å²) in [6.07, 6.45) is 4.10. The number of hydrogen-bond acceptors (Lipinski definition) is 1. The monoisotopic (exact) mass is 204 g/mol. The second-order valence-electron chi connectivity index (χ2n) is 3.29. The van der Waals surface area contributed by atoms with Crippen molar-refractivity contribution < 1.29 is 0 Å². The SMILES string of the molecule is CN1C=C[C@@H](c2ccccc2)NC1=S. The molecule has 0 bridgehead atoms. The van der Waals surface area contributed by atoms with Gasteiger partial charge in [0.1, 0.15) is 0 Å². The molecule has 2 nitrogen and oxygen atoms in total. The predicted molar refractivity (Wildman–Crippen MR) is 61.8 cm³/mol. The molecule has 0 unspecified atom stereocenters. The largest absolute Gasteiger partial charge is 0.352 e. The van der Waals surface area contributed by atoms with Crippen molar-refractivity contribution in [2.75, 3.05) is 7.05 Å². The lowest BCUT2D eigenvalue weighted by atomic mass is 10.1. The fraction of sp³-hybridized carbons (Fsp3) is 0.182. The van der Waals surface area contributed by atoms with Crippen LogP contribution in [0.4, 0.5) is 0 Å². The van der Waals surface area contributed by atoms with Gasteiger partial charge in [-0.15, -0.1) is 0 Å². The van der Waals surface area contributed by atoms with Gasteiger partial charge in [-0.3, -0.25) is 0 Å². The fourth-order valence-electron chi connectivity index (χ4n) is 1.42. The van der Waals surface area contributed by atoms with Crippen molar-refractivity contribution >= 4 is 17.3 Å². The Labute approximate surface area is 89.2 Å². The summed E-state index contributed by atoms with van der Waals surface area (Å²) in [7, 11) is 1.94. The highest BCUT2D eigenvalue weighted by Crippen LogP contribution is 2.17. The Kier molecular flexibility index (Phi) is 2.50. The zero-order valence-electron chi connectivity index (χ0n) is 7.97. The van der Waals surface area contributed by atoms with Crippen molar-refractivity contribution in [2.24, 2.45) is 0 Å². The van der Waals surface area contributed by atoms with E-state index in [1.165, 1.54) is 5.56 Å². The number of nitrogens with one attached hydrogen (secondary N) is 1. The molecule has 1 aromatic carbocycles. The third kappa shape index (κ3) is 1.77. The van der Waals surface area contributed by atoms with Crippen LogP contribution in [-0.2, 0) is 0 Å². The van der Waals surface area contributed by atoms with Crippen molar-refractivity contribution in [3.05, 3.63) is 48.2 Å². The third-order valence-electron chi connectivity index (χ3n) is 2.26. The standard InChI is InChI=1S/C11H12N2S/c1-13-8-7-10(12-11(13)14)9-5-3-2-4-6-9/h2-8,10H,1H3,(H,12,14)/t10-/m0/s1. The molecular weight excluding hydrogens is 192 g/mol. The molecule has 0 radical (unpaired) electrons. The molecular formula is C11H12N2S. The first-order chi connectivity index (χ1) is 6.77. The summed E-state index contributed by atoms with van der Waals surface area (Å²) in [5.74, 6) is 0. The molecule has 14 heavy (non-hydrogen) atoms. The first kappa shape index (κ1) is 9.21. The minimum absolute atomic E-state index is 0.208. The Balaban J connectivity index is 2.22. The quantitative estimate of drug-likeness (QED) is 0.705. The number of benzene rings is 1. The van der Waals surface area contributed by atoms with E-state index < -0.39 is 0 Å². The van der Waals surface area contributed by atoms with E-state index in [1.807, 2.05) is 36.3 Å². The van der Waals surface area contributed by atoms with Crippen LogP contribution in [0.25, 0.3) is 0 Å². The molecule has 0 fully saturated rings. The molecule has 1 atom stereocenters. The molecule has 0 saturated carbocycles. The molecule has 1 aliphatic heterocycles. The average molecular weight is 204 g/mol. The van der Waals surface area contributed by atoms with Crippen molar-refractivity contribution in [3.8, 4) is 0 Å². The normalized spacial score (nSPS) is 20.8. The maximum Gasteiger partial charge on any atom is 0.173 e. The van der Waals surface area contributed by atoms with Gasteiger partial charge in [0.25, 0.3) is 0 Å². The molecule has 0 spiro atoms. The van der Waals surface area contributed by atoms with E-state index in [2.05, 4.69) is 23.5 Å². The maximum absolute atomic E-state index is 5.17. The molecule has 72 valence electrons. The van der Waals surface area contributed by atoms with Crippen molar-refractivity contribution in [2.45, 2.75) is 6.04 Å². The zero-order valence-corrected chi connectivity index (χ0v) is 8.79. The predicted octanol–water partition coefficient (Wildman–Crippen LogP) is 2.06. The third-order valence-corrected chi connectivity index (χ3v) is 2.67. The van der Waals surface area contributed by atoms with Gasteiger partial charge in [0.15, 0.2) is 5.11 Å². The fourth-order valence-corrected chi connectivity index (χ4v) is 1.61. The highest BCUT2D eigenvalue weighted by Gasteiger charge is 2.14. The van der Waals surface area contributed by atoms with E-state index in [1.54, 1.807) is 0 Å². The van der Waals surface area contributed by atoms with Gasteiger partial charge >= 0.3 is 0 Å². The molecule has 1 aliphatic rings. The number of hydrogen-bond donors (Lipinski definition) is 1. The van der Waals surface area contributed by atoms with Crippen LogP contribution in [0.3, 0.4) is 0 Å². The number of thiocarbonyl (C=S) groups is 1. The first-order valence-corrected chi connectivity index (χ1v) is 4.95. The topological polar surface area (TPSA) is 15.3 Å². The minimum atomic E-state index is 0.208. The van der Waals surface area contributed by atoms with Crippen molar-refractivity contribution in [1.82, 2.24) is 10.2 Å². The van der Waals surface area contributed by atoms with Crippen LogP contribution in [-0.4, -0.2) is 17.1 Å². The molecule has 1 N–H and O–H groups in total. The molecule has 2 rings (SSSR count). The summed E-state index contributed by atoms with van der Waals surface area (Å²) >= 11 is 5.17. The smallest absolute Gasteiger partial charge is 0.173 e. The van der Waals surface area contributed by atoms with Crippen LogP contribution in [0.5, 0.6) is 0 Å². The Bertz CT molecular complexity index is 359. The molecule has 0 aliphatic carbocycles. The number of rotatable bonds is 1. The van der Waals surface area contributed by atoms with E-state index >= 15 is 0 Å². The summed E-state index contributed by atoms with van der Waals surface area (Å²) < 4.78 is 0. The lowest BCUT2D eigenvalue weighted by molar-refractivity contribution is 0.596. The number of nitrogens with zero attached hydrogens (tertiary/aromatic N) is 1. The lowest BCUT2D eigenvalue weighted by Gasteiger charge is -2.27. The molecule has 3 heteroatoms. The van der Waals surface area contributed by atoms with E-state index in [4.69, 9.17) is 12.2 Å². The van der Waals surface area contributed by atoms with Gasteiger partial charge in [0, 0.05) is 13.2 Å². The van der Waals surface area contributed by atoms with Crippen molar-refractivity contribution in [3.63, 3.8) is 0 Å². The Morgan fingerprint density at radius 3 is 2.64 bits per heavy atom. The molecule has 1 heterocycles. The Morgan fingerprint density at radius 1 is 1.29 bits per heavy atom. The Hall–Kier alpha value is -1.35. The van der Waals surface area contributed by atoms with Crippen LogP contribution in [0, 0.1) is 0 Å². The molecule has 0 amide bonds. The zero-order chi connectivity index (χ0) is 9.97. The summed E-state index contributed by atoms with van der Waals surface area (Å²) in [5.41, 5.74) is 1.24. The summed E-state index contributed by atoms with van der Waals surface area (Å²) in [6, 6.07) is 10.5. The van der Waals surface area contributed by atoms with Gasteiger partial charge < -0.3 is 10.2 Å². The van der Waals surface area contributed by atoms with E-state index in [-0.39, 0.29) is 6.04 Å². The highest BCUT2D eigenvalue weighted by atomic mass is 32.1. The van der Waals surface area contributed by atoms with E-state index in [0.717, 1.165) is 5.11 Å². The van der Waals surface area contributed by atoms with E-state index in [0.29, 0.717) is 0 Å². The van der Waals surface area contributed by atoms with Crippen LogP contribution in [0.1, 0.15) is 11.6 Å².